The number of urea groups is 1. The van der Waals surface area contributed by atoms with E-state index in [2.05, 4.69) is 16.7 Å². The van der Waals surface area contributed by atoms with Gasteiger partial charge in [-0.3, -0.25) is 4.79 Å². The molecular formula is C19H27N3O3. The number of nitrogens with one attached hydrogen (secondary N) is 2. The highest BCUT2D eigenvalue weighted by molar-refractivity contribution is 5.78. The molecule has 1 aromatic carbocycles. The minimum absolute atomic E-state index is 0.0158. The summed E-state index contributed by atoms with van der Waals surface area (Å²) in [6, 6.07) is 7.76. The molecule has 0 radical (unpaired) electrons. The van der Waals surface area contributed by atoms with Crippen molar-refractivity contribution < 1.29 is 14.3 Å². The lowest BCUT2D eigenvalue weighted by atomic mass is 9.95. The van der Waals surface area contributed by atoms with Crippen LogP contribution in [0.25, 0.3) is 0 Å². The number of methoxy groups -OCH3 is 1. The molecule has 1 atom stereocenters. The van der Waals surface area contributed by atoms with Crippen LogP contribution in [-0.2, 0) is 10.2 Å². The summed E-state index contributed by atoms with van der Waals surface area (Å²) >= 11 is 0. The molecule has 0 aromatic heterocycles. The van der Waals surface area contributed by atoms with Crippen LogP contribution >= 0.6 is 0 Å². The summed E-state index contributed by atoms with van der Waals surface area (Å²) in [5.41, 5.74) is 1.14. The maximum atomic E-state index is 12.2. The Morgan fingerprint density at radius 3 is 2.76 bits per heavy atom. The first kappa shape index (κ1) is 17.6. The minimum atomic E-state index is -0.180. The molecule has 25 heavy (non-hydrogen) atoms. The second-order valence-corrected chi connectivity index (χ2v) is 7.15. The number of amides is 3. The highest BCUT2D eigenvalue weighted by Crippen LogP contribution is 2.50. The second kappa shape index (κ2) is 7.33. The molecular weight excluding hydrogens is 318 g/mol. The molecule has 1 aliphatic heterocycles. The summed E-state index contributed by atoms with van der Waals surface area (Å²) in [7, 11) is 1.68. The number of likely N-dealkylation sites (tertiary alicyclic amines) is 1. The van der Waals surface area contributed by atoms with Gasteiger partial charge in [-0.05, 0) is 32.3 Å². The van der Waals surface area contributed by atoms with Gasteiger partial charge in [0, 0.05) is 43.1 Å². The molecule has 6 heteroatoms. The second-order valence-electron chi connectivity index (χ2n) is 7.15. The van der Waals surface area contributed by atoms with Crippen LogP contribution in [0.1, 0.15) is 38.2 Å². The molecule has 2 fully saturated rings. The van der Waals surface area contributed by atoms with Gasteiger partial charge in [-0.1, -0.05) is 18.2 Å². The van der Waals surface area contributed by atoms with Crippen molar-refractivity contribution in [3.63, 3.8) is 0 Å². The average molecular weight is 345 g/mol. The summed E-state index contributed by atoms with van der Waals surface area (Å²) in [5.74, 6) is 1.06. The zero-order valence-corrected chi connectivity index (χ0v) is 15.0. The summed E-state index contributed by atoms with van der Waals surface area (Å²) in [4.78, 5) is 25.7. The molecule has 1 aliphatic carbocycles. The van der Waals surface area contributed by atoms with E-state index in [-0.39, 0.29) is 23.4 Å². The first-order chi connectivity index (χ1) is 12.0. The van der Waals surface area contributed by atoms with E-state index in [1.165, 1.54) is 0 Å². The van der Waals surface area contributed by atoms with Crippen LogP contribution in [-0.4, -0.2) is 49.6 Å². The molecule has 136 valence electrons. The Bertz CT molecular complexity index is 643. The first-order valence-electron chi connectivity index (χ1n) is 9.00. The topological polar surface area (TPSA) is 70.7 Å². The third-order valence-electron chi connectivity index (χ3n) is 5.16. The van der Waals surface area contributed by atoms with Crippen molar-refractivity contribution in [2.75, 3.05) is 26.7 Å². The maximum Gasteiger partial charge on any atom is 0.315 e. The number of benzene rings is 1. The highest BCUT2D eigenvalue weighted by Gasteiger charge is 2.46. The van der Waals surface area contributed by atoms with E-state index < -0.39 is 0 Å². The fourth-order valence-corrected chi connectivity index (χ4v) is 3.57. The lowest BCUT2D eigenvalue weighted by Crippen LogP contribution is -2.47. The van der Waals surface area contributed by atoms with Gasteiger partial charge in [0.05, 0.1) is 7.11 Å². The van der Waals surface area contributed by atoms with E-state index in [0.717, 1.165) is 37.1 Å². The number of hydrogen-bond acceptors (Lipinski definition) is 3. The Balaban J connectivity index is 1.49. The van der Waals surface area contributed by atoms with Crippen molar-refractivity contribution in [3.8, 4) is 5.75 Å². The predicted octanol–water partition coefficient (Wildman–Crippen LogP) is 2.04. The van der Waals surface area contributed by atoms with Crippen molar-refractivity contribution in [1.82, 2.24) is 15.5 Å². The van der Waals surface area contributed by atoms with Crippen LogP contribution in [0, 0.1) is 0 Å². The normalized spacial score (nSPS) is 19.4. The Kier molecular flexibility index (Phi) is 5.16. The third-order valence-corrected chi connectivity index (χ3v) is 5.16. The number of carbonyl (C=O) groups excluding carboxylic acids is 2. The quantitative estimate of drug-likeness (QED) is 0.794. The van der Waals surface area contributed by atoms with Crippen molar-refractivity contribution in [2.45, 2.75) is 44.1 Å². The predicted molar refractivity (Wildman–Crippen MR) is 95.7 cm³/mol. The monoisotopic (exact) mass is 345 g/mol. The molecule has 6 nitrogen and oxygen atoms in total. The highest BCUT2D eigenvalue weighted by atomic mass is 16.5. The van der Waals surface area contributed by atoms with E-state index >= 15 is 0 Å². The van der Waals surface area contributed by atoms with E-state index in [4.69, 9.17) is 4.74 Å². The van der Waals surface area contributed by atoms with Gasteiger partial charge in [0.2, 0.25) is 5.91 Å². The van der Waals surface area contributed by atoms with Crippen molar-refractivity contribution in [2.24, 2.45) is 0 Å². The van der Waals surface area contributed by atoms with Gasteiger partial charge in [0.25, 0.3) is 0 Å². The molecule has 2 aliphatic rings. The van der Waals surface area contributed by atoms with E-state index in [1.54, 1.807) is 7.11 Å². The number of para-hydroxylation sites is 1. The van der Waals surface area contributed by atoms with Crippen LogP contribution in [0.3, 0.4) is 0 Å². The van der Waals surface area contributed by atoms with Crippen LogP contribution in [0.15, 0.2) is 24.3 Å². The van der Waals surface area contributed by atoms with Crippen LogP contribution in [0.2, 0.25) is 0 Å². The van der Waals surface area contributed by atoms with Gasteiger partial charge < -0.3 is 20.3 Å². The van der Waals surface area contributed by atoms with Gasteiger partial charge in [0.1, 0.15) is 5.75 Å². The molecule has 1 saturated heterocycles. The van der Waals surface area contributed by atoms with Gasteiger partial charge >= 0.3 is 6.03 Å². The minimum Gasteiger partial charge on any atom is -0.496 e. The Hall–Kier alpha value is -2.24. The summed E-state index contributed by atoms with van der Waals surface area (Å²) in [5, 5.41) is 5.93. The van der Waals surface area contributed by atoms with Gasteiger partial charge in [-0.25, -0.2) is 4.79 Å². The van der Waals surface area contributed by atoms with Crippen LogP contribution in [0.5, 0.6) is 5.75 Å². The summed E-state index contributed by atoms with van der Waals surface area (Å²) in [6.45, 7) is 3.89. The Morgan fingerprint density at radius 2 is 2.12 bits per heavy atom. The molecule has 2 N–H and O–H groups in total. The number of carbonyl (C=O) groups is 2. The number of rotatable bonds is 7. The third kappa shape index (κ3) is 4.06. The smallest absolute Gasteiger partial charge is 0.315 e. The largest absolute Gasteiger partial charge is 0.496 e. The fraction of sp³-hybridized carbons (Fsp3) is 0.579. The summed E-state index contributed by atoms with van der Waals surface area (Å²) < 4.78 is 5.46. The lowest BCUT2D eigenvalue weighted by molar-refractivity contribution is -0.127. The molecule has 0 bridgehead atoms. The van der Waals surface area contributed by atoms with Crippen molar-refractivity contribution in [1.29, 1.82) is 0 Å². The van der Waals surface area contributed by atoms with Crippen molar-refractivity contribution in [3.05, 3.63) is 29.8 Å². The molecule has 3 rings (SSSR count). The maximum absolute atomic E-state index is 12.2. The molecule has 1 aromatic rings. The van der Waals surface area contributed by atoms with E-state index in [1.807, 2.05) is 30.0 Å². The zero-order valence-electron chi connectivity index (χ0n) is 15.0. The molecule has 1 heterocycles. The lowest BCUT2D eigenvalue weighted by Gasteiger charge is -2.23. The van der Waals surface area contributed by atoms with Gasteiger partial charge in [-0.15, -0.1) is 0 Å². The SMILES string of the molecule is COc1ccccc1C1(CNC(=O)N[C@@H](C)CN2CCCC2=O)CC1. The molecule has 3 amide bonds. The number of ether oxygens (including phenoxy) is 1. The Morgan fingerprint density at radius 1 is 1.36 bits per heavy atom. The average Bonchev–Trinajstić information content (AvgIpc) is 3.30. The van der Waals surface area contributed by atoms with Gasteiger partial charge in [-0.2, -0.15) is 0 Å². The summed E-state index contributed by atoms with van der Waals surface area (Å²) in [6.07, 6.45) is 3.64. The van der Waals surface area contributed by atoms with Crippen LogP contribution < -0.4 is 15.4 Å². The number of nitrogens with zero attached hydrogens (tertiary/aromatic N) is 1. The van der Waals surface area contributed by atoms with Crippen LogP contribution in [0.4, 0.5) is 4.79 Å². The molecule has 0 unspecified atom stereocenters. The van der Waals surface area contributed by atoms with E-state index in [9.17, 15) is 9.59 Å². The van der Waals surface area contributed by atoms with Gasteiger partial charge in [0.15, 0.2) is 0 Å². The van der Waals surface area contributed by atoms with Crippen molar-refractivity contribution >= 4 is 11.9 Å². The zero-order chi connectivity index (χ0) is 17.9. The van der Waals surface area contributed by atoms with E-state index in [0.29, 0.717) is 19.5 Å². The number of hydrogen-bond donors (Lipinski definition) is 2. The first-order valence-corrected chi connectivity index (χ1v) is 9.00. The fourth-order valence-electron chi connectivity index (χ4n) is 3.57. The Labute approximate surface area is 148 Å². The molecule has 1 saturated carbocycles. The standard InChI is InChI=1S/C19H27N3O3/c1-14(12-22-11-5-8-17(22)23)21-18(24)20-13-19(9-10-19)15-6-3-4-7-16(15)25-2/h3-4,6-7,14H,5,8-13H2,1-2H3,(H2,20,21,24)/t14-/m0/s1. The molecule has 0 spiro atoms.